The van der Waals surface area contributed by atoms with E-state index in [4.69, 9.17) is 11.6 Å². The quantitative estimate of drug-likeness (QED) is 0.631. The Morgan fingerprint density at radius 1 is 1.14 bits per heavy atom. The Hall–Kier alpha value is -1.53. The molecule has 3 aromatic rings. The van der Waals surface area contributed by atoms with E-state index >= 15 is 0 Å². The fraction of sp³-hybridized carbons (Fsp3) is 0.0625. The topological polar surface area (TPSA) is 29.9 Å². The molecular formula is C16H13ClIN3. The Morgan fingerprint density at radius 3 is 2.62 bits per heavy atom. The number of nitrogens with zero attached hydrogens (tertiary/aromatic N) is 2. The summed E-state index contributed by atoms with van der Waals surface area (Å²) < 4.78 is 3.11. The van der Waals surface area contributed by atoms with Crippen molar-refractivity contribution in [2.45, 2.75) is 6.54 Å². The van der Waals surface area contributed by atoms with Crippen LogP contribution in [0.1, 0.15) is 5.56 Å². The Balaban J connectivity index is 1.68. The maximum Gasteiger partial charge on any atom is 0.0991 e. The van der Waals surface area contributed by atoms with Gasteiger partial charge in [-0.05, 0) is 58.5 Å². The average molecular weight is 410 g/mol. The van der Waals surface area contributed by atoms with Crippen LogP contribution in [0.15, 0.2) is 61.2 Å². The molecule has 0 saturated heterocycles. The predicted molar refractivity (Wildman–Crippen MR) is 95.1 cm³/mol. The van der Waals surface area contributed by atoms with Gasteiger partial charge in [0.2, 0.25) is 0 Å². The minimum atomic E-state index is 0.759. The summed E-state index contributed by atoms with van der Waals surface area (Å²) in [5.41, 5.74) is 3.43. The monoisotopic (exact) mass is 409 g/mol. The summed E-state index contributed by atoms with van der Waals surface area (Å²) in [6.07, 6.45) is 5.50. The van der Waals surface area contributed by atoms with Gasteiger partial charge in [-0.2, -0.15) is 0 Å². The lowest BCUT2D eigenvalue weighted by molar-refractivity contribution is 1.05. The Labute approximate surface area is 142 Å². The van der Waals surface area contributed by atoms with E-state index in [9.17, 15) is 0 Å². The molecule has 1 heterocycles. The lowest BCUT2D eigenvalue weighted by Gasteiger charge is -2.10. The van der Waals surface area contributed by atoms with Gasteiger partial charge in [-0.1, -0.05) is 23.7 Å². The molecule has 5 heteroatoms. The van der Waals surface area contributed by atoms with Crippen molar-refractivity contribution in [2.75, 3.05) is 5.32 Å². The van der Waals surface area contributed by atoms with Gasteiger partial charge in [0, 0.05) is 38.9 Å². The van der Waals surface area contributed by atoms with Crippen LogP contribution in [0.3, 0.4) is 0 Å². The second kappa shape index (κ2) is 6.49. The lowest BCUT2D eigenvalue weighted by Crippen LogP contribution is -2.01. The standard InChI is InChI=1S/C16H13ClIN3/c17-13-3-6-16(15(18)9-13)20-10-12-1-4-14(5-2-12)21-8-7-19-11-21/h1-9,11,20H,10H2. The summed E-state index contributed by atoms with van der Waals surface area (Å²) in [7, 11) is 0. The van der Waals surface area contributed by atoms with E-state index < -0.39 is 0 Å². The first-order valence-electron chi connectivity index (χ1n) is 6.48. The van der Waals surface area contributed by atoms with Gasteiger partial charge in [0.15, 0.2) is 0 Å². The Kier molecular flexibility index (Phi) is 4.45. The molecule has 0 spiro atoms. The number of hydrogen-bond acceptors (Lipinski definition) is 2. The largest absolute Gasteiger partial charge is 0.380 e. The molecule has 0 aliphatic rings. The van der Waals surface area contributed by atoms with Crippen molar-refractivity contribution in [3.05, 3.63) is 75.3 Å². The maximum atomic E-state index is 5.96. The van der Waals surface area contributed by atoms with Crippen LogP contribution in [-0.2, 0) is 6.54 Å². The molecule has 0 fully saturated rings. The van der Waals surface area contributed by atoms with Crippen molar-refractivity contribution in [2.24, 2.45) is 0 Å². The van der Waals surface area contributed by atoms with Gasteiger partial charge in [-0.15, -0.1) is 0 Å². The Morgan fingerprint density at radius 2 is 1.95 bits per heavy atom. The molecule has 0 aliphatic carbocycles. The van der Waals surface area contributed by atoms with E-state index in [2.05, 4.69) is 57.2 Å². The SMILES string of the molecule is Clc1ccc(NCc2ccc(-n3ccnc3)cc2)c(I)c1. The van der Waals surface area contributed by atoms with Crippen molar-refractivity contribution < 1.29 is 0 Å². The fourth-order valence-electron chi connectivity index (χ4n) is 2.03. The average Bonchev–Trinajstić information content (AvgIpc) is 3.01. The van der Waals surface area contributed by atoms with Crippen LogP contribution >= 0.6 is 34.2 Å². The summed E-state index contributed by atoms with van der Waals surface area (Å²) in [5.74, 6) is 0. The molecular weight excluding hydrogens is 397 g/mol. The number of nitrogens with one attached hydrogen (secondary N) is 1. The first-order chi connectivity index (χ1) is 10.2. The number of imidazole rings is 1. The van der Waals surface area contributed by atoms with Gasteiger partial charge in [0.25, 0.3) is 0 Å². The molecule has 106 valence electrons. The third kappa shape index (κ3) is 3.57. The van der Waals surface area contributed by atoms with Gasteiger partial charge >= 0.3 is 0 Å². The first-order valence-corrected chi connectivity index (χ1v) is 7.94. The smallest absolute Gasteiger partial charge is 0.0991 e. The highest BCUT2D eigenvalue weighted by Gasteiger charge is 2.01. The molecule has 2 aromatic carbocycles. The lowest BCUT2D eigenvalue weighted by atomic mass is 10.2. The van der Waals surface area contributed by atoms with E-state index in [1.807, 2.05) is 29.0 Å². The van der Waals surface area contributed by atoms with Crippen LogP contribution in [0.4, 0.5) is 5.69 Å². The molecule has 0 unspecified atom stereocenters. The summed E-state index contributed by atoms with van der Waals surface area (Å²) >= 11 is 8.24. The maximum absolute atomic E-state index is 5.96. The summed E-state index contributed by atoms with van der Waals surface area (Å²) in [4.78, 5) is 4.05. The minimum absolute atomic E-state index is 0.759. The van der Waals surface area contributed by atoms with E-state index in [1.165, 1.54) is 5.56 Å². The van der Waals surface area contributed by atoms with Crippen LogP contribution in [0.25, 0.3) is 5.69 Å². The first kappa shape index (κ1) is 14.4. The number of anilines is 1. The summed E-state index contributed by atoms with van der Waals surface area (Å²) in [5, 5.41) is 4.18. The van der Waals surface area contributed by atoms with E-state index in [0.29, 0.717) is 0 Å². The second-order valence-corrected chi connectivity index (χ2v) is 6.21. The van der Waals surface area contributed by atoms with Crippen molar-refractivity contribution >= 4 is 39.9 Å². The molecule has 0 aliphatic heterocycles. The number of benzene rings is 2. The normalized spacial score (nSPS) is 10.6. The molecule has 1 aromatic heterocycles. The molecule has 0 radical (unpaired) electrons. The van der Waals surface area contributed by atoms with Gasteiger partial charge in [0.1, 0.15) is 0 Å². The molecule has 3 rings (SSSR count). The van der Waals surface area contributed by atoms with Gasteiger partial charge in [-0.25, -0.2) is 4.98 Å². The van der Waals surface area contributed by atoms with Crippen molar-refractivity contribution in [1.29, 1.82) is 0 Å². The highest BCUT2D eigenvalue weighted by atomic mass is 127. The van der Waals surface area contributed by atoms with Crippen molar-refractivity contribution in [3.8, 4) is 5.69 Å². The predicted octanol–water partition coefficient (Wildman–Crippen LogP) is 4.74. The van der Waals surface area contributed by atoms with Gasteiger partial charge in [0.05, 0.1) is 6.33 Å². The molecule has 1 N–H and O–H groups in total. The summed E-state index contributed by atoms with van der Waals surface area (Å²) in [6.45, 7) is 0.780. The van der Waals surface area contributed by atoms with Gasteiger partial charge < -0.3 is 9.88 Å². The number of halogens is 2. The number of aromatic nitrogens is 2. The molecule has 0 atom stereocenters. The molecule has 21 heavy (non-hydrogen) atoms. The number of rotatable bonds is 4. The van der Waals surface area contributed by atoms with E-state index in [0.717, 1.165) is 26.5 Å². The van der Waals surface area contributed by atoms with Crippen LogP contribution in [0.5, 0.6) is 0 Å². The molecule has 0 bridgehead atoms. The van der Waals surface area contributed by atoms with E-state index in [-0.39, 0.29) is 0 Å². The third-order valence-electron chi connectivity index (χ3n) is 3.15. The van der Waals surface area contributed by atoms with Gasteiger partial charge in [-0.3, -0.25) is 0 Å². The third-order valence-corrected chi connectivity index (χ3v) is 4.28. The zero-order chi connectivity index (χ0) is 14.7. The highest BCUT2D eigenvalue weighted by molar-refractivity contribution is 14.1. The zero-order valence-electron chi connectivity index (χ0n) is 11.1. The van der Waals surface area contributed by atoms with Crippen LogP contribution in [0, 0.1) is 3.57 Å². The molecule has 0 amide bonds. The van der Waals surface area contributed by atoms with E-state index in [1.54, 1.807) is 12.5 Å². The second-order valence-electron chi connectivity index (χ2n) is 4.61. The fourth-order valence-corrected chi connectivity index (χ4v) is 3.09. The zero-order valence-corrected chi connectivity index (χ0v) is 14.0. The summed E-state index contributed by atoms with van der Waals surface area (Å²) in [6, 6.07) is 14.3. The van der Waals surface area contributed by atoms with Crippen molar-refractivity contribution in [1.82, 2.24) is 9.55 Å². The minimum Gasteiger partial charge on any atom is -0.380 e. The molecule has 3 nitrogen and oxygen atoms in total. The van der Waals surface area contributed by atoms with Crippen LogP contribution < -0.4 is 5.32 Å². The number of hydrogen-bond donors (Lipinski definition) is 1. The van der Waals surface area contributed by atoms with Crippen LogP contribution in [0.2, 0.25) is 5.02 Å². The molecule has 0 saturated carbocycles. The van der Waals surface area contributed by atoms with Crippen LogP contribution in [-0.4, -0.2) is 9.55 Å². The van der Waals surface area contributed by atoms with Crippen molar-refractivity contribution in [3.63, 3.8) is 0 Å². The Bertz CT molecular complexity index is 724. The highest BCUT2D eigenvalue weighted by Crippen LogP contribution is 2.23.